The summed E-state index contributed by atoms with van der Waals surface area (Å²) in [5.41, 5.74) is 24.5. The number of para-hydroxylation sites is 1. The van der Waals surface area contributed by atoms with Gasteiger partial charge in [-0.2, -0.15) is 0 Å². The van der Waals surface area contributed by atoms with Crippen LogP contribution in [0.3, 0.4) is 0 Å². The number of carbonyl (C=O) groups is 19. The molecule has 0 spiro atoms. The van der Waals surface area contributed by atoms with Crippen LogP contribution in [0, 0.1) is 11.8 Å². The van der Waals surface area contributed by atoms with E-state index in [1.165, 1.54) is 9.80 Å². The van der Waals surface area contributed by atoms with Crippen molar-refractivity contribution in [2.24, 2.45) is 34.8 Å². The summed E-state index contributed by atoms with van der Waals surface area (Å²) < 4.78 is 0. The molecule has 3 heterocycles. The van der Waals surface area contributed by atoms with E-state index in [9.17, 15) is 112 Å². The number of aliphatic hydroxyl groups is 1. The molecule has 2 saturated heterocycles. The van der Waals surface area contributed by atoms with Gasteiger partial charge in [-0.3, -0.25) is 86.3 Å². The number of aliphatic carboxylic acids is 4. The number of nitrogens with two attached hydrogens (primary N) is 4. The molecule has 1 aromatic heterocycles. The Morgan fingerprint density at radius 1 is 0.432 bits per heavy atom. The summed E-state index contributed by atoms with van der Waals surface area (Å²) in [7, 11) is 0. The summed E-state index contributed by atoms with van der Waals surface area (Å²) in [5, 5.41) is 79.7. The smallest absolute Gasteiger partial charge is 0.326 e. The minimum absolute atomic E-state index is 0.00499. The number of aromatic nitrogens is 1. The van der Waals surface area contributed by atoms with Crippen LogP contribution in [0.2, 0.25) is 0 Å². The van der Waals surface area contributed by atoms with Gasteiger partial charge in [0.25, 0.3) is 0 Å². The Labute approximate surface area is 722 Å². The number of amides is 15. The summed E-state index contributed by atoms with van der Waals surface area (Å²) in [6, 6.07) is -7.86. The molecule has 0 aliphatic carbocycles. The van der Waals surface area contributed by atoms with Gasteiger partial charge in [0.05, 0.1) is 19.1 Å². The van der Waals surface area contributed by atoms with Crippen molar-refractivity contribution in [3.05, 3.63) is 71.9 Å². The van der Waals surface area contributed by atoms with Gasteiger partial charge in [-0.15, -0.1) is 0 Å². The Kier molecular flexibility index (Phi) is 42.8. The number of hydrogen-bond acceptors (Lipinski definition) is 23. The molecule has 15 atom stereocenters. The fourth-order valence-electron chi connectivity index (χ4n) is 14.3. The Morgan fingerprint density at radius 3 is 1.38 bits per heavy atom. The first-order valence-corrected chi connectivity index (χ1v) is 41.9. The average molecular weight is 1760 g/mol. The summed E-state index contributed by atoms with van der Waals surface area (Å²) in [5.74, 6) is -21.1. The normalized spacial score (nSPS) is 16.8. The minimum atomic E-state index is -1.96. The van der Waals surface area contributed by atoms with E-state index in [-0.39, 0.29) is 102 Å². The first-order chi connectivity index (χ1) is 59.2. The fraction of sp³-hybridized carbons (Fsp3) is 0.598. The van der Waals surface area contributed by atoms with Gasteiger partial charge in [-0.05, 0) is 152 Å². The highest BCUT2D eigenvalue weighted by Gasteiger charge is 2.45. The molecule has 2 aromatic carbocycles. The third-order valence-corrected chi connectivity index (χ3v) is 21.0. The number of hydrogen-bond donors (Lipinski definition) is 22. The minimum Gasteiger partial charge on any atom is -0.481 e. The van der Waals surface area contributed by atoms with E-state index in [1.807, 2.05) is 0 Å². The number of fused-ring (bicyclic) bond motifs is 1. The number of carboxylic acid groups (broad SMARTS) is 4. The fourth-order valence-corrected chi connectivity index (χ4v) is 14.3. The quantitative estimate of drug-likeness (QED) is 0.0240. The van der Waals surface area contributed by atoms with Gasteiger partial charge in [-0.25, -0.2) is 4.79 Å². The maximum atomic E-state index is 14.7. The highest BCUT2D eigenvalue weighted by atomic mass is 16.4. The number of nitrogens with zero attached hydrogens (tertiary/aromatic N) is 2. The third-order valence-electron chi connectivity index (χ3n) is 21.0. The largest absolute Gasteiger partial charge is 0.481 e. The number of primary amides is 1. The van der Waals surface area contributed by atoms with Crippen molar-refractivity contribution in [2.75, 3.05) is 32.8 Å². The molecule has 2 aliphatic rings. The van der Waals surface area contributed by atoms with E-state index < -0.39 is 242 Å². The van der Waals surface area contributed by atoms with Crippen molar-refractivity contribution >= 4 is 123 Å². The van der Waals surface area contributed by atoms with Gasteiger partial charge in [-0.1, -0.05) is 76.2 Å². The summed E-state index contributed by atoms with van der Waals surface area (Å²) >= 11 is 0. The van der Waals surface area contributed by atoms with Gasteiger partial charge in [0.2, 0.25) is 88.6 Å². The molecule has 0 unspecified atom stereocenters. The zero-order valence-corrected chi connectivity index (χ0v) is 71.2. The molecule has 3 aromatic rings. The lowest BCUT2D eigenvalue weighted by atomic mass is 9.99. The van der Waals surface area contributed by atoms with E-state index in [1.54, 1.807) is 88.5 Å². The molecule has 0 bridgehead atoms. The standard InChI is InChI=1S/C82H123N19O24/c1-43(2)36-56(74(116)97-59(39-48-41-87-51-21-11-10-20-49(48)51)76(118)90-52(22-12-14-32-83)71(113)93-55(82(124)125)23-13-15-33-84)96-77(119)60(40-67(108)109)95-69(111)46(6)89-73(115)58(38-47-18-8-7-9-19-47)94-68(110)45(5)88-70(112)54(28-31-66(106)107)91-72(114)53(27-29-64(86)103)92-78(120)61(42-102)99-75(117)57(37-44(3)4)98-79(121)62-24-16-34-100(62)81(123)63-25-17-35-101(63)80(122)50(85)26-30-65(104)105/h7-11,18-21,41,43-46,50,52-63,87,102H,12-17,22-40,42,83-85H2,1-6H3,(H2,86,103)(H,88,112)(H,89,115)(H,90,118)(H,91,114)(H,92,120)(H,93,113)(H,94,110)(H,95,111)(H,96,119)(H,97,116)(H,98,121)(H,99,117)(H,104,105)(H,106,107)(H,108,109)(H,124,125)/t45-,46-,50-,52-,53-,54-,55-,56-,57-,58-,59-,60-,61-,62-,63-/m0/s1. The van der Waals surface area contributed by atoms with Crippen LogP contribution in [0.4, 0.5) is 0 Å². The van der Waals surface area contributed by atoms with Gasteiger partial charge in [0.15, 0.2) is 0 Å². The van der Waals surface area contributed by atoms with Crippen LogP contribution in [0.1, 0.15) is 175 Å². The number of benzene rings is 2. The van der Waals surface area contributed by atoms with E-state index in [0.717, 1.165) is 13.8 Å². The molecule has 2 aliphatic heterocycles. The Balaban J connectivity index is 1.30. The van der Waals surface area contributed by atoms with Crippen LogP contribution < -0.4 is 86.7 Å². The molecule has 690 valence electrons. The van der Waals surface area contributed by atoms with Crippen LogP contribution in [0.15, 0.2) is 60.8 Å². The molecule has 5 rings (SSSR count). The summed E-state index contributed by atoms with van der Waals surface area (Å²) in [6.07, 6.45) is -0.641. The van der Waals surface area contributed by atoms with Crippen molar-refractivity contribution in [2.45, 2.75) is 267 Å². The molecule has 125 heavy (non-hydrogen) atoms. The lowest BCUT2D eigenvalue weighted by molar-refractivity contribution is -0.147. The Bertz CT molecular complexity index is 4260. The number of H-pyrrole nitrogens is 1. The number of aliphatic hydroxyl groups excluding tert-OH is 1. The topological polar surface area (TPSA) is 696 Å². The van der Waals surface area contributed by atoms with E-state index in [4.69, 9.17) is 28.0 Å². The highest BCUT2D eigenvalue weighted by Crippen LogP contribution is 2.27. The van der Waals surface area contributed by atoms with Crippen molar-refractivity contribution in [1.82, 2.24) is 78.6 Å². The monoisotopic (exact) mass is 1760 g/mol. The number of unbranched alkanes of at least 4 members (excludes halogenated alkanes) is 2. The van der Waals surface area contributed by atoms with Gasteiger partial charge in [0.1, 0.15) is 84.6 Å². The van der Waals surface area contributed by atoms with Crippen LogP contribution in [-0.2, 0) is 104 Å². The van der Waals surface area contributed by atoms with Crippen molar-refractivity contribution < 1.29 is 117 Å². The molecular weight excluding hydrogens is 1640 g/mol. The zero-order valence-electron chi connectivity index (χ0n) is 71.2. The van der Waals surface area contributed by atoms with Gasteiger partial charge >= 0.3 is 23.9 Å². The van der Waals surface area contributed by atoms with E-state index in [0.29, 0.717) is 60.6 Å². The number of carboxylic acids is 4. The maximum Gasteiger partial charge on any atom is 0.326 e. The summed E-state index contributed by atoms with van der Waals surface area (Å²) in [4.78, 5) is 264. The molecular formula is C82H123N19O24. The molecule has 26 N–H and O–H groups in total. The van der Waals surface area contributed by atoms with Crippen LogP contribution in [0.5, 0.6) is 0 Å². The molecule has 15 amide bonds. The van der Waals surface area contributed by atoms with Crippen molar-refractivity contribution in [1.29, 1.82) is 0 Å². The number of nitrogens with one attached hydrogen (secondary N) is 13. The molecule has 0 radical (unpaired) electrons. The number of carbonyl (C=O) groups excluding carboxylic acids is 15. The predicted molar refractivity (Wildman–Crippen MR) is 448 cm³/mol. The first-order valence-electron chi connectivity index (χ1n) is 41.9. The van der Waals surface area contributed by atoms with Crippen LogP contribution in [0.25, 0.3) is 10.9 Å². The number of rotatable bonds is 55. The Hall–Kier alpha value is -12.3. The summed E-state index contributed by atoms with van der Waals surface area (Å²) in [6.45, 7) is 8.73. The number of aromatic amines is 1. The second-order valence-corrected chi connectivity index (χ2v) is 32.1. The first kappa shape index (κ1) is 103. The predicted octanol–water partition coefficient (Wildman–Crippen LogP) is -3.98. The van der Waals surface area contributed by atoms with Crippen molar-refractivity contribution in [3.63, 3.8) is 0 Å². The molecule has 2 fully saturated rings. The second-order valence-electron chi connectivity index (χ2n) is 32.1. The second kappa shape index (κ2) is 51.7. The molecule has 43 heteroatoms. The van der Waals surface area contributed by atoms with Crippen LogP contribution >= 0.6 is 0 Å². The highest BCUT2D eigenvalue weighted by molar-refractivity contribution is 6.02. The van der Waals surface area contributed by atoms with Gasteiger partial charge < -0.3 is 127 Å². The van der Waals surface area contributed by atoms with Gasteiger partial charge in [0, 0.05) is 62.3 Å². The van der Waals surface area contributed by atoms with Crippen molar-refractivity contribution in [3.8, 4) is 0 Å². The van der Waals surface area contributed by atoms with Crippen LogP contribution in [-0.4, -0.2) is 276 Å². The zero-order chi connectivity index (χ0) is 92.9. The number of likely N-dealkylation sites (tertiary alicyclic amines) is 2. The lowest BCUT2D eigenvalue weighted by Crippen LogP contribution is -2.61. The lowest BCUT2D eigenvalue weighted by Gasteiger charge is -2.32. The SMILES string of the molecule is CC(C)C[C@H](NC(=O)[C@H](CC(=O)O)NC(=O)[C@H](C)NC(=O)[C@H](Cc1ccccc1)NC(=O)[C@H](C)NC(=O)[C@H](CCC(=O)O)NC(=O)[C@H](CCC(N)=O)NC(=O)[C@H](CO)NC(=O)[C@H](CC(C)C)NC(=O)[C@@H]1CCCN1C(=O)[C@@H]1CCCN1C(=O)[C@@H](N)CCC(=O)O)C(=O)N[C@@H](Cc1c[nH]c2ccccc12)C(=O)N[C@@H](CCCCN)C(=O)N[C@@H](CCCCN)C(=O)O. The van der Waals surface area contributed by atoms with E-state index >= 15 is 0 Å². The third kappa shape index (κ3) is 34.1. The molecule has 43 nitrogen and oxygen atoms in total. The molecule has 0 saturated carbocycles. The Morgan fingerprint density at radius 2 is 0.848 bits per heavy atom. The van der Waals surface area contributed by atoms with E-state index in [2.05, 4.69) is 68.8 Å². The average Bonchev–Trinajstić information content (AvgIpc) is 1.67. The maximum absolute atomic E-state index is 14.7.